The van der Waals surface area contributed by atoms with Crippen molar-refractivity contribution in [3.05, 3.63) is 58.9 Å². The minimum atomic E-state index is 0.279. The van der Waals surface area contributed by atoms with Crippen molar-refractivity contribution < 1.29 is 4.79 Å². The topological polar surface area (TPSA) is 22.0 Å². The summed E-state index contributed by atoms with van der Waals surface area (Å²) in [4.78, 5) is 11.9. The fourth-order valence-corrected chi connectivity index (χ4v) is 2.28. The fourth-order valence-electron chi connectivity index (χ4n) is 2.09. The van der Waals surface area contributed by atoms with Crippen LogP contribution in [0.1, 0.15) is 28.8 Å². The van der Waals surface area contributed by atoms with Gasteiger partial charge in [0.25, 0.3) is 0 Å². The maximum atomic E-state index is 11.9. The lowest BCUT2D eigenvalue weighted by molar-refractivity contribution is 0.0967. The molecule has 2 aromatic rings. The summed E-state index contributed by atoms with van der Waals surface area (Å²) >= 11 is 6.12. The van der Waals surface area contributed by atoms with Gasteiger partial charge in [-0.15, -0.1) is 0 Å². The van der Waals surface area contributed by atoms with Gasteiger partial charge >= 0.3 is 0 Å². The van der Waals surface area contributed by atoms with Gasteiger partial charge in [-0.1, -0.05) is 29.8 Å². The zero-order valence-corrected chi connectivity index (χ0v) is 10.7. The van der Waals surface area contributed by atoms with Gasteiger partial charge in [0.2, 0.25) is 0 Å². The number of halogens is 1. The van der Waals surface area contributed by atoms with Gasteiger partial charge in [0.1, 0.15) is 0 Å². The van der Waals surface area contributed by atoms with Crippen molar-refractivity contribution in [1.82, 2.24) is 4.57 Å². The van der Waals surface area contributed by atoms with Crippen LogP contribution in [-0.2, 0) is 6.54 Å². The molecule has 0 saturated heterocycles. The number of hydrogen-bond acceptors (Lipinski definition) is 1. The van der Waals surface area contributed by atoms with Crippen LogP contribution in [0.25, 0.3) is 0 Å². The largest absolute Gasteiger partial charge is 0.349 e. The lowest BCUT2D eigenvalue weighted by Crippen LogP contribution is -2.01. The summed E-state index contributed by atoms with van der Waals surface area (Å²) in [5.74, 6) is 0.564. The molecule has 0 amide bonds. The van der Waals surface area contributed by atoms with E-state index < -0.39 is 0 Å². The van der Waals surface area contributed by atoms with Crippen molar-refractivity contribution in [2.24, 2.45) is 5.92 Å². The van der Waals surface area contributed by atoms with Crippen LogP contribution in [0.5, 0.6) is 0 Å². The highest BCUT2D eigenvalue weighted by atomic mass is 35.5. The molecule has 1 aromatic carbocycles. The molecule has 1 saturated carbocycles. The van der Waals surface area contributed by atoms with Crippen LogP contribution in [0.4, 0.5) is 0 Å². The van der Waals surface area contributed by atoms with Crippen LogP contribution in [-0.4, -0.2) is 10.4 Å². The molecule has 0 radical (unpaired) electrons. The molecule has 1 fully saturated rings. The Hall–Kier alpha value is -1.54. The molecular weight excluding hydrogens is 246 g/mol. The van der Waals surface area contributed by atoms with Crippen molar-refractivity contribution in [2.75, 3.05) is 0 Å². The number of benzene rings is 1. The molecule has 92 valence electrons. The molecule has 1 aliphatic rings. The third-order valence-corrected chi connectivity index (χ3v) is 3.66. The predicted octanol–water partition coefficient (Wildman–Crippen LogP) is 3.78. The molecule has 0 unspecified atom stereocenters. The van der Waals surface area contributed by atoms with Crippen molar-refractivity contribution in [3.63, 3.8) is 0 Å². The number of rotatable bonds is 4. The number of hydrogen-bond donors (Lipinski definition) is 0. The number of aromatic nitrogens is 1. The monoisotopic (exact) mass is 259 g/mol. The van der Waals surface area contributed by atoms with E-state index in [4.69, 9.17) is 11.6 Å². The van der Waals surface area contributed by atoms with Gasteiger partial charge in [-0.25, -0.2) is 0 Å². The lowest BCUT2D eigenvalue weighted by Gasteiger charge is -2.05. The molecule has 1 heterocycles. The first kappa shape index (κ1) is 11.5. The van der Waals surface area contributed by atoms with Crippen molar-refractivity contribution in [3.8, 4) is 0 Å². The van der Waals surface area contributed by atoms with Crippen LogP contribution < -0.4 is 0 Å². The van der Waals surface area contributed by atoms with E-state index in [0.29, 0.717) is 6.54 Å². The summed E-state index contributed by atoms with van der Waals surface area (Å²) in [7, 11) is 0. The Morgan fingerprint density at radius 2 is 2.06 bits per heavy atom. The van der Waals surface area contributed by atoms with Gasteiger partial charge in [0.05, 0.1) is 0 Å². The summed E-state index contributed by atoms with van der Waals surface area (Å²) in [5, 5.41) is 0.765. The van der Waals surface area contributed by atoms with E-state index in [1.165, 1.54) is 0 Å². The number of Topliss-reactive ketones (excluding diaryl/α,β-unsaturated/α-hetero) is 1. The highest BCUT2D eigenvalue weighted by Gasteiger charge is 2.30. The van der Waals surface area contributed by atoms with E-state index in [1.54, 1.807) is 0 Å². The van der Waals surface area contributed by atoms with E-state index in [-0.39, 0.29) is 11.7 Å². The van der Waals surface area contributed by atoms with Crippen molar-refractivity contribution in [1.29, 1.82) is 0 Å². The molecule has 3 heteroatoms. The first-order valence-corrected chi connectivity index (χ1v) is 6.55. The van der Waals surface area contributed by atoms with E-state index in [2.05, 4.69) is 0 Å². The lowest BCUT2D eigenvalue weighted by atomic mass is 10.1. The number of nitrogens with zero attached hydrogens (tertiary/aromatic N) is 1. The summed E-state index contributed by atoms with van der Waals surface area (Å²) in [6.07, 6.45) is 5.96. The summed E-state index contributed by atoms with van der Waals surface area (Å²) in [6, 6.07) is 9.68. The first-order valence-electron chi connectivity index (χ1n) is 6.17. The fraction of sp³-hybridized carbons (Fsp3) is 0.267. The van der Waals surface area contributed by atoms with Crippen LogP contribution in [0.15, 0.2) is 42.7 Å². The standard InChI is InChI=1S/C15H14ClNO/c16-14-4-2-1-3-12(14)9-17-8-7-13(10-17)15(18)11-5-6-11/h1-4,7-8,10-11H,5-6,9H2. The van der Waals surface area contributed by atoms with Crippen molar-refractivity contribution in [2.45, 2.75) is 19.4 Å². The van der Waals surface area contributed by atoms with E-state index in [1.807, 2.05) is 47.3 Å². The molecule has 0 aliphatic heterocycles. The Balaban J connectivity index is 1.77. The van der Waals surface area contributed by atoms with Crippen molar-refractivity contribution >= 4 is 17.4 Å². The molecule has 1 aliphatic carbocycles. The SMILES string of the molecule is O=C(c1ccn(Cc2ccccc2Cl)c1)C1CC1. The summed E-state index contributed by atoms with van der Waals surface area (Å²) < 4.78 is 2.01. The maximum Gasteiger partial charge on any atom is 0.167 e. The Kier molecular flexibility index (Phi) is 2.96. The molecule has 0 atom stereocenters. The molecule has 0 bridgehead atoms. The highest BCUT2D eigenvalue weighted by Crippen LogP contribution is 2.32. The third kappa shape index (κ3) is 2.34. The summed E-state index contributed by atoms with van der Waals surface area (Å²) in [6.45, 7) is 0.706. The normalized spacial score (nSPS) is 14.7. The average molecular weight is 260 g/mol. The smallest absolute Gasteiger partial charge is 0.167 e. The number of carbonyl (C=O) groups excluding carboxylic acids is 1. The van der Waals surface area contributed by atoms with Crippen LogP contribution in [0.3, 0.4) is 0 Å². The molecule has 3 rings (SSSR count). The minimum absolute atomic E-state index is 0.279. The van der Waals surface area contributed by atoms with Gasteiger partial charge in [0.15, 0.2) is 5.78 Å². The quantitative estimate of drug-likeness (QED) is 0.766. The zero-order chi connectivity index (χ0) is 12.5. The first-order chi connectivity index (χ1) is 8.74. The second-order valence-corrected chi connectivity index (χ2v) is 5.21. The Morgan fingerprint density at radius 1 is 1.28 bits per heavy atom. The molecule has 18 heavy (non-hydrogen) atoms. The van der Waals surface area contributed by atoms with Crippen LogP contribution >= 0.6 is 11.6 Å². The second-order valence-electron chi connectivity index (χ2n) is 4.80. The van der Waals surface area contributed by atoms with Gasteiger partial charge in [-0.2, -0.15) is 0 Å². The van der Waals surface area contributed by atoms with E-state index in [0.717, 1.165) is 29.0 Å². The van der Waals surface area contributed by atoms with Gasteiger partial charge in [-0.3, -0.25) is 4.79 Å². The minimum Gasteiger partial charge on any atom is -0.349 e. The molecule has 0 spiro atoms. The van der Waals surface area contributed by atoms with E-state index >= 15 is 0 Å². The Morgan fingerprint density at radius 3 is 2.78 bits per heavy atom. The third-order valence-electron chi connectivity index (χ3n) is 3.29. The molecule has 1 aromatic heterocycles. The van der Waals surface area contributed by atoms with Crippen LogP contribution in [0.2, 0.25) is 5.02 Å². The van der Waals surface area contributed by atoms with Gasteiger partial charge in [0, 0.05) is 35.4 Å². The van der Waals surface area contributed by atoms with Gasteiger partial charge in [-0.05, 0) is 30.5 Å². The summed E-state index contributed by atoms with van der Waals surface area (Å²) in [5.41, 5.74) is 1.89. The zero-order valence-electron chi connectivity index (χ0n) is 9.97. The predicted molar refractivity (Wildman–Crippen MR) is 72.0 cm³/mol. The number of ketones is 1. The molecule has 2 nitrogen and oxygen atoms in total. The Bertz CT molecular complexity index is 584. The highest BCUT2D eigenvalue weighted by molar-refractivity contribution is 6.31. The van der Waals surface area contributed by atoms with Crippen LogP contribution in [0, 0.1) is 5.92 Å². The van der Waals surface area contributed by atoms with E-state index in [9.17, 15) is 4.79 Å². The maximum absolute atomic E-state index is 11.9. The molecular formula is C15H14ClNO. The second kappa shape index (κ2) is 4.62. The average Bonchev–Trinajstić information content (AvgIpc) is 3.12. The number of carbonyl (C=O) groups is 1. The molecule has 0 N–H and O–H groups in total. The van der Waals surface area contributed by atoms with Gasteiger partial charge < -0.3 is 4.57 Å². The Labute approximate surface area is 111 Å².